The molecule has 0 spiro atoms. The van der Waals surface area contributed by atoms with Crippen LogP contribution >= 0.6 is 0 Å². The van der Waals surface area contributed by atoms with Crippen LogP contribution in [-0.4, -0.2) is 36.1 Å². The van der Waals surface area contributed by atoms with Gasteiger partial charge in [0.1, 0.15) is 6.10 Å². The van der Waals surface area contributed by atoms with E-state index >= 15 is 0 Å². The van der Waals surface area contributed by atoms with Crippen molar-refractivity contribution in [3.8, 4) is 0 Å². The molecule has 0 saturated heterocycles. The SMILES string of the molecule is CCCCC=CCCCCCCCCCCOCC(O)CO. The minimum absolute atomic E-state index is 0.214. The minimum atomic E-state index is -0.721. The first-order valence-electron chi connectivity index (χ1n) is 9.33. The van der Waals surface area contributed by atoms with Gasteiger partial charge < -0.3 is 14.9 Å². The van der Waals surface area contributed by atoms with Gasteiger partial charge in [-0.3, -0.25) is 0 Å². The highest BCUT2D eigenvalue weighted by Gasteiger charge is 2.00. The average molecular weight is 315 g/mol. The summed E-state index contributed by atoms with van der Waals surface area (Å²) in [5, 5.41) is 17.7. The Balaban J connectivity index is 3.04. The van der Waals surface area contributed by atoms with Crippen molar-refractivity contribution >= 4 is 0 Å². The van der Waals surface area contributed by atoms with Gasteiger partial charge in [-0.1, -0.05) is 70.4 Å². The second kappa shape index (κ2) is 18.7. The van der Waals surface area contributed by atoms with Gasteiger partial charge in [0.15, 0.2) is 0 Å². The third kappa shape index (κ3) is 17.7. The molecule has 0 radical (unpaired) electrons. The molecule has 1 unspecified atom stereocenters. The molecule has 3 nitrogen and oxygen atoms in total. The fourth-order valence-electron chi connectivity index (χ4n) is 2.36. The molecule has 0 aromatic rings. The number of unbranched alkanes of at least 4 members (excludes halogenated alkanes) is 10. The Morgan fingerprint density at radius 2 is 1.36 bits per heavy atom. The van der Waals surface area contributed by atoms with E-state index in [9.17, 15) is 0 Å². The van der Waals surface area contributed by atoms with Crippen molar-refractivity contribution < 1.29 is 14.9 Å². The van der Waals surface area contributed by atoms with Gasteiger partial charge >= 0.3 is 0 Å². The van der Waals surface area contributed by atoms with Gasteiger partial charge in [-0.05, 0) is 25.7 Å². The molecular weight excluding hydrogens is 276 g/mol. The van der Waals surface area contributed by atoms with Gasteiger partial charge in [0.25, 0.3) is 0 Å². The average Bonchev–Trinajstić information content (AvgIpc) is 2.54. The maximum absolute atomic E-state index is 9.09. The minimum Gasteiger partial charge on any atom is -0.394 e. The molecule has 22 heavy (non-hydrogen) atoms. The molecule has 0 fully saturated rings. The lowest BCUT2D eigenvalue weighted by Crippen LogP contribution is -2.19. The summed E-state index contributed by atoms with van der Waals surface area (Å²) in [5.74, 6) is 0. The van der Waals surface area contributed by atoms with E-state index in [0.717, 1.165) is 6.42 Å². The summed E-state index contributed by atoms with van der Waals surface area (Å²) in [5.41, 5.74) is 0. The van der Waals surface area contributed by atoms with Crippen molar-refractivity contribution in [1.82, 2.24) is 0 Å². The van der Waals surface area contributed by atoms with E-state index in [0.29, 0.717) is 6.61 Å². The lowest BCUT2D eigenvalue weighted by molar-refractivity contribution is 0.00526. The number of hydrogen-bond acceptors (Lipinski definition) is 3. The summed E-state index contributed by atoms with van der Waals surface area (Å²) < 4.78 is 5.28. The van der Waals surface area contributed by atoms with Crippen molar-refractivity contribution in [2.45, 2.75) is 90.1 Å². The quantitative estimate of drug-likeness (QED) is 0.304. The van der Waals surface area contributed by atoms with Crippen LogP contribution in [0.4, 0.5) is 0 Å². The zero-order chi connectivity index (χ0) is 16.3. The first kappa shape index (κ1) is 21.6. The molecule has 0 amide bonds. The molecule has 0 aromatic heterocycles. The Morgan fingerprint density at radius 1 is 0.818 bits per heavy atom. The summed E-state index contributed by atoms with van der Waals surface area (Å²) in [6, 6.07) is 0. The predicted molar refractivity (Wildman–Crippen MR) is 94.1 cm³/mol. The number of ether oxygens (including phenoxy) is 1. The summed E-state index contributed by atoms with van der Waals surface area (Å²) in [6.07, 6.45) is 19.4. The lowest BCUT2D eigenvalue weighted by atomic mass is 10.1. The summed E-state index contributed by atoms with van der Waals surface area (Å²) in [7, 11) is 0. The van der Waals surface area contributed by atoms with Crippen LogP contribution in [0.15, 0.2) is 12.2 Å². The number of rotatable bonds is 17. The first-order chi connectivity index (χ1) is 10.8. The van der Waals surface area contributed by atoms with Gasteiger partial charge in [-0.2, -0.15) is 0 Å². The summed E-state index contributed by atoms with van der Waals surface area (Å²) >= 11 is 0. The van der Waals surface area contributed by atoms with Crippen LogP contribution in [0.25, 0.3) is 0 Å². The monoisotopic (exact) mass is 314 g/mol. The number of allylic oxidation sites excluding steroid dienone is 2. The Labute approximate surface area is 137 Å². The van der Waals surface area contributed by atoms with Crippen LogP contribution in [0.3, 0.4) is 0 Å². The van der Waals surface area contributed by atoms with E-state index in [1.165, 1.54) is 70.6 Å². The van der Waals surface area contributed by atoms with E-state index in [4.69, 9.17) is 14.9 Å². The van der Waals surface area contributed by atoms with Crippen molar-refractivity contribution in [1.29, 1.82) is 0 Å². The highest BCUT2D eigenvalue weighted by atomic mass is 16.5. The molecule has 0 aliphatic carbocycles. The number of aliphatic hydroxyl groups is 2. The van der Waals surface area contributed by atoms with Gasteiger partial charge in [-0.25, -0.2) is 0 Å². The van der Waals surface area contributed by atoms with Crippen LogP contribution in [0.1, 0.15) is 84.0 Å². The fourth-order valence-corrected chi connectivity index (χ4v) is 2.36. The highest BCUT2D eigenvalue weighted by molar-refractivity contribution is 4.81. The molecule has 0 rings (SSSR count). The zero-order valence-corrected chi connectivity index (χ0v) is 14.6. The van der Waals surface area contributed by atoms with Crippen LogP contribution < -0.4 is 0 Å². The zero-order valence-electron chi connectivity index (χ0n) is 14.6. The first-order valence-corrected chi connectivity index (χ1v) is 9.33. The topological polar surface area (TPSA) is 49.7 Å². The molecule has 132 valence electrons. The van der Waals surface area contributed by atoms with E-state index in [1.807, 2.05) is 0 Å². The maximum atomic E-state index is 9.09. The van der Waals surface area contributed by atoms with Crippen LogP contribution in [0, 0.1) is 0 Å². The Hall–Kier alpha value is -0.380. The number of aliphatic hydroxyl groups excluding tert-OH is 2. The fraction of sp³-hybridized carbons (Fsp3) is 0.895. The largest absolute Gasteiger partial charge is 0.394 e. The lowest BCUT2D eigenvalue weighted by Gasteiger charge is -2.07. The second-order valence-corrected chi connectivity index (χ2v) is 6.14. The summed E-state index contributed by atoms with van der Waals surface area (Å²) in [6.45, 7) is 2.97. The third-order valence-corrected chi connectivity index (χ3v) is 3.82. The maximum Gasteiger partial charge on any atom is 0.100 e. The molecule has 1 atom stereocenters. The van der Waals surface area contributed by atoms with Gasteiger partial charge in [0, 0.05) is 6.61 Å². The standard InChI is InChI=1S/C19H38O3/c1-2-3-4-5-6-7-8-9-10-11-12-13-14-15-16-22-18-19(21)17-20/h5-6,19-21H,2-4,7-18H2,1H3. The Kier molecular flexibility index (Phi) is 18.3. The van der Waals surface area contributed by atoms with E-state index < -0.39 is 6.10 Å². The molecule has 0 aliphatic rings. The van der Waals surface area contributed by atoms with Crippen molar-refractivity contribution in [3.63, 3.8) is 0 Å². The normalized spacial score (nSPS) is 13.0. The molecule has 0 heterocycles. The predicted octanol–water partition coefficient (Wildman–Crippen LogP) is 4.61. The van der Waals surface area contributed by atoms with Crippen molar-refractivity contribution in [3.05, 3.63) is 12.2 Å². The van der Waals surface area contributed by atoms with Crippen molar-refractivity contribution in [2.75, 3.05) is 19.8 Å². The van der Waals surface area contributed by atoms with E-state index in [-0.39, 0.29) is 13.2 Å². The third-order valence-electron chi connectivity index (χ3n) is 3.82. The second-order valence-electron chi connectivity index (χ2n) is 6.14. The van der Waals surface area contributed by atoms with Crippen LogP contribution in [-0.2, 0) is 4.74 Å². The van der Waals surface area contributed by atoms with Crippen molar-refractivity contribution in [2.24, 2.45) is 0 Å². The molecule has 2 N–H and O–H groups in total. The Morgan fingerprint density at radius 3 is 1.95 bits per heavy atom. The van der Waals surface area contributed by atoms with E-state index in [2.05, 4.69) is 19.1 Å². The van der Waals surface area contributed by atoms with Crippen LogP contribution in [0.5, 0.6) is 0 Å². The molecular formula is C19H38O3. The Bertz CT molecular complexity index is 229. The molecule has 0 bridgehead atoms. The van der Waals surface area contributed by atoms with Gasteiger partial charge in [-0.15, -0.1) is 0 Å². The smallest absolute Gasteiger partial charge is 0.100 e. The highest BCUT2D eigenvalue weighted by Crippen LogP contribution is 2.10. The van der Waals surface area contributed by atoms with E-state index in [1.54, 1.807) is 0 Å². The molecule has 0 aliphatic heterocycles. The van der Waals surface area contributed by atoms with Crippen LogP contribution in [0.2, 0.25) is 0 Å². The summed E-state index contributed by atoms with van der Waals surface area (Å²) in [4.78, 5) is 0. The molecule has 0 aromatic carbocycles. The van der Waals surface area contributed by atoms with Gasteiger partial charge in [0.2, 0.25) is 0 Å². The number of hydrogen-bond donors (Lipinski definition) is 2. The molecule has 3 heteroatoms. The van der Waals surface area contributed by atoms with Gasteiger partial charge in [0.05, 0.1) is 13.2 Å². The molecule has 0 saturated carbocycles.